The van der Waals surface area contributed by atoms with Crippen molar-refractivity contribution in [1.29, 1.82) is 0 Å². The van der Waals surface area contributed by atoms with Crippen LogP contribution < -0.4 is 5.32 Å². The standard InChI is InChI=1S/C16H20N6O/c1-16(11-23-9-7-18-16)15-19-20-21-22(15)8-6-12-10-17-14-5-3-2-4-13(12)14/h2-5,10,17-18H,6-9,11H2,1H3. The molecule has 3 aromatic rings. The predicted molar refractivity (Wildman–Crippen MR) is 86.0 cm³/mol. The fourth-order valence-corrected chi connectivity index (χ4v) is 3.19. The smallest absolute Gasteiger partial charge is 0.173 e. The summed E-state index contributed by atoms with van der Waals surface area (Å²) in [7, 11) is 0. The fourth-order valence-electron chi connectivity index (χ4n) is 3.19. The van der Waals surface area contributed by atoms with Crippen LogP contribution in [0, 0.1) is 0 Å². The minimum absolute atomic E-state index is 0.331. The number of aromatic nitrogens is 5. The number of H-pyrrole nitrogens is 1. The second kappa shape index (κ2) is 5.75. The first-order chi connectivity index (χ1) is 11.3. The number of nitrogens with one attached hydrogen (secondary N) is 2. The third-order valence-electron chi connectivity index (χ3n) is 4.45. The molecule has 1 unspecified atom stereocenters. The summed E-state index contributed by atoms with van der Waals surface area (Å²) in [6, 6.07) is 8.33. The van der Waals surface area contributed by atoms with E-state index in [-0.39, 0.29) is 5.54 Å². The molecule has 1 aromatic carbocycles. The first-order valence-electron chi connectivity index (χ1n) is 7.91. The molecule has 7 nitrogen and oxygen atoms in total. The van der Waals surface area contributed by atoms with E-state index in [9.17, 15) is 0 Å². The number of aryl methyl sites for hydroxylation is 2. The van der Waals surface area contributed by atoms with Crippen LogP contribution in [0.2, 0.25) is 0 Å². The molecule has 3 heterocycles. The summed E-state index contributed by atoms with van der Waals surface area (Å²) in [6.45, 7) is 4.94. The lowest BCUT2D eigenvalue weighted by atomic mass is 10.0. The summed E-state index contributed by atoms with van der Waals surface area (Å²) in [5, 5.41) is 17.0. The molecule has 2 aromatic heterocycles. The van der Waals surface area contributed by atoms with Gasteiger partial charge in [-0.05, 0) is 35.4 Å². The monoisotopic (exact) mass is 312 g/mol. The number of rotatable bonds is 4. The Morgan fingerprint density at radius 1 is 1.35 bits per heavy atom. The Morgan fingerprint density at radius 2 is 2.26 bits per heavy atom. The minimum Gasteiger partial charge on any atom is -0.378 e. The van der Waals surface area contributed by atoms with Crippen molar-refractivity contribution in [2.24, 2.45) is 0 Å². The van der Waals surface area contributed by atoms with Gasteiger partial charge in [0.1, 0.15) is 5.54 Å². The number of hydrogen-bond acceptors (Lipinski definition) is 5. The largest absolute Gasteiger partial charge is 0.378 e. The molecule has 1 atom stereocenters. The minimum atomic E-state index is -0.331. The van der Waals surface area contributed by atoms with E-state index in [1.54, 1.807) is 0 Å². The predicted octanol–water partition coefficient (Wildman–Crippen LogP) is 1.23. The molecule has 0 amide bonds. The second-order valence-corrected chi connectivity index (χ2v) is 6.15. The maximum absolute atomic E-state index is 5.60. The summed E-state index contributed by atoms with van der Waals surface area (Å²) >= 11 is 0. The second-order valence-electron chi connectivity index (χ2n) is 6.15. The molecule has 120 valence electrons. The quantitative estimate of drug-likeness (QED) is 0.757. The Bertz CT molecular complexity index is 802. The molecule has 7 heteroatoms. The number of para-hydroxylation sites is 1. The molecule has 4 rings (SSSR count). The van der Waals surface area contributed by atoms with Gasteiger partial charge in [-0.3, -0.25) is 0 Å². The van der Waals surface area contributed by atoms with Crippen LogP contribution in [0.4, 0.5) is 0 Å². The Morgan fingerprint density at radius 3 is 3.13 bits per heavy atom. The van der Waals surface area contributed by atoms with Crippen molar-refractivity contribution in [3.63, 3.8) is 0 Å². The maximum atomic E-state index is 5.60. The summed E-state index contributed by atoms with van der Waals surface area (Å²) in [5.41, 5.74) is 2.11. The lowest BCUT2D eigenvalue weighted by Crippen LogP contribution is -2.51. The van der Waals surface area contributed by atoms with Crippen LogP contribution >= 0.6 is 0 Å². The number of fused-ring (bicyclic) bond motifs is 1. The Balaban J connectivity index is 1.55. The van der Waals surface area contributed by atoms with Gasteiger partial charge in [-0.25, -0.2) is 4.68 Å². The van der Waals surface area contributed by atoms with Gasteiger partial charge in [0.05, 0.1) is 13.2 Å². The van der Waals surface area contributed by atoms with Crippen LogP contribution in [0.5, 0.6) is 0 Å². The van der Waals surface area contributed by atoms with E-state index in [0.717, 1.165) is 37.5 Å². The van der Waals surface area contributed by atoms with Crippen molar-refractivity contribution >= 4 is 10.9 Å². The first-order valence-corrected chi connectivity index (χ1v) is 7.91. The molecule has 0 saturated carbocycles. The molecule has 1 aliphatic rings. The molecule has 0 aliphatic carbocycles. The van der Waals surface area contributed by atoms with E-state index in [1.165, 1.54) is 10.9 Å². The molecule has 1 saturated heterocycles. The van der Waals surface area contributed by atoms with Gasteiger partial charge in [0.25, 0.3) is 0 Å². The number of hydrogen-bond donors (Lipinski definition) is 2. The maximum Gasteiger partial charge on any atom is 0.173 e. The Labute approximate surface area is 134 Å². The number of tetrazole rings is 1. The zero-order valence-electron chi connectivity index (χ0n) is 13.1. The zero-order valence-corrected chi connectivity index (χ0v) is 13.1. The Hall–Kier alpha value is -2.25. The number of ether oxygens (including phenoxy) is 1. The highest BCUT2D eigenvalue weighted by Gasteiger charge is 2.34. The van der Waals surface area contributed by atoms with Crippen LogP contribution in [-0.4, -0.2) is 44.9 Å². The van der Waals surface area contributed by atoms with Gasteiger partial charge in [0, 0.05) is 30.2 Å². The van der Waals surface area contributed by atoms with E-state index in [2.05, 4.69) is 57.1 Å². The average molecular weight is 312 g/mol. The molecule has 2 N–H and O–H groups in total. The van der Waals surface area contributed by atoms with Crippen molar-refractivity contribution in [2.45, 2.75) is 25.4 Å². The summed E-state index contributed by atoms with van der Waals surface area (Å²) in [5.74, 6) is 0.831. The van der Waals surface area contributed by atoms with Crippen LogP contribution in [0.1, 0.15) is 18.3 Å². The van der Waals surface area contributed by atoms with Gasteiger partial charge in [-0.2, -0.15) is 0 Å². The van der Waals surface area contributed by atoms with E-state index >= 15 is 0 Å². The van der Waals surface area contributed by atoms with Crippen molar-refractivity contribution < 1.29 is 4.74 Å². The van der Waals surface area contributed by atoms with Crippen LogP contribution in [0.3, 0.4) is 0 Å². The lowest BCUT2D eigenvalue weighted by Gasteiger charge is -2.33. The van der Waals surface area contributed by atoms with Crippen LogP contribution in [0.15, 0.2) is 30.5 Å². The van der Waals surface area contributed by atoms with Crippen molar-refractivity contribution in [3.8, 4) is 0 Å². The van der Waals surface area contributed by atoms with E-state index in [4.69, 9.17) is 4.74 Å². The van der Waals surface area contributed by atoms with Crippen LogP contribution in [0.25, 0.3) is 10.9 Å². The molecular formula is C16H20N6O. The fraction of sp³-hybridized carbons (Fsp3) is 0.438. The lowest BCUT2D eigenvalue weighted by molar-refractivity contribution is 0.0278. The molecule has 0 spiro atoms. The topological polar surface area (TPSA) is 80.7 Å². The van der Waals surface area contributed by atoms with Crippen LogP contribution in [-0.2, 0) is 23.2 Å². The highest BCUT2D eigenvalue weighted by atomic mass is 16.5. The summed E-state index contributed by atoms with van der Waals surface area (Å²) in [4.78, 5) is 3.31. The highest BCUT2D eigenvalue weighted by molar-refractivity contribution is 5.82. The Kier molecular flexibility index (Phi) is 3.59. The van der Waals surface area contributed by atoms with Crippen molar-refractivity contribution in [2.75, 3.05) is 19.8 Å². The number of nitrogens with zero attached hydrogens (tertiary/aromatic N) is 4. The van der Waals surface area contributed by atoms with Gasteiger partial charge in [0.2, 0.25) is 0 Å². The average Bonchev–Trinajstić information content (AvgIpc) is 3.21. The van der Waals surface area contributed by atoms with E-state index in [1.807, 2.05) is 10.7 Å². The SMILES string of the molecule is CC1(c2nnnn2CCc2c[nH]c3ccccc23)COCCN1. The number of aromatic amines is 1. The highest BCUT2D eigenvalue weighted by Crippen LogP contribution is 2.22. The van der Waals surface area contributed by atoms with Gasteiger partial charge < -0.3 is 15.0 Å². The van der Waals surface area contributed by atoms with E-state index < -0.39 is 0 Å². The summed E-state index contributed by atoms with van der Waals surface area (Å²) < 4.78 is 7.47. The number of morpholine rings is 1. The first kappa shape index (κ1) is 14.3. The number of benzene rings is 1. The van der Waals surface area contributed by atoms with Gasteiger partial charge >= 0.3 is 0 Å². The molecule has 0 radical (unpaired) electrons. The van der Waals surface area contributed by atoms with Gasteiger partial charge in [0.15, 0.2) is 5.82 Å². The third kappa shape index (κ3) is 2.62. The molecule has 0 bridgehead atoms. The van der Waals surface area contributed by atoms with Gasteiger partial charge in [-0.15, -0.1) is 5.10 Å². The normalized spacial score (nSPS) is 21.8. The molecular weight excluding hydrogens is 292 g/mol. The molecule has 23 heavy (non-hydrogen) atoms. The summed E-state index contributed by atoms with van der Waals surface area (Å²) in [6.07, 6.45) is 2.94. The third-order valence-corrected chi connectivity index (χ3v) is 4.45. The molecule has 1 fully saturated rings. The van der Waals surface area contributed by atoms with Crippen molar-refractivity contribution in [1.82, 2.24) is 30.5 Å². The van der Waals surface area contributed by atoms with Crippen molar-refractivity contribution in [3.05, 3.63) is 41.9 Å². The molecule has 1 aliphatic heterocycles. The zero-order chi connectivity index (χ0) is 15.7. The van der Waals surface area contributed by atoms with E-state index in [0.29, 0.717) is 6.61 Å². The van der Waals surface area contributed by atoms with Gasteiger partial charge in [-0.1, -0.05) is 18.2 Å².